The number of rotatable bonds is 4. The summed E-state index contributed by atoms with van der Waals surface area (Å²) in [6.45, 7) is 2.83. The molecule has 25 heavy (non-hydrogen) atoms. The van der Waals surface area contributed by atoms with Crippen LogP contribution in [-0.2, 0) is 4.79 Å². The first kappa shape index (κ1) is 16.8. The van der Waals surface area contributed by atoms with Crippen LogP contribution in [0, 0.1) is 6.92 Å². The highest BCUT2D eigenvalue weighted by molar-refractivity contribution is 5.99. The van der Waals surface area contributed by atoms with E-state index in [-0.39, 0.29) is 18.4 Å². The van der Waals surface area contributed by atoms with E-state index in [2.05, 4.69) is 5.32 Å². The van der Waals surface area contributed by atoms with Crippen LogP contribution in [0.25, 0.3) is 0 Å². The van der Waals surface area contributed by atoms with E-state index >= 15 is 0 Å². The van der Waals surface area contributed by atoms with E-state index in [1.807, 2.05) is 25.1 Å². The van der Waals surface area contributed by atoms with Crippen molar-refractivity contribution in [3.63, 3.8) is 0 Å². The van der Waals surface area contributed by atoms with Gasteiger partial charge in [0, 0.05) is 12.7 Å². The largest absolute Gasteiger partial charge is 0.491 e. The number of nitrogens with zero attached hydrogens (tertiary/aromatic N) is 1. The number of amides is 2. The van der Waals surface area contributed by atoms with Gasteiger partial charge >= 0.3 is 0 Å². The highest BCUT2D eigenvalue weighted by atomic mass is 16.5. The van der Waals surface area contributed by atoms with Gasteiger partial charge in [0.2, 0.25) is 0 Å². The molecule has 2 aromatic rings. The third-order valence-corrected chi connectivity index (χ3v) is 3.88. The molecule has 1 heterocycles. The lowest BCUT2D eigenvalue weighted by Gasteiger charge is -2.13. The number of carbonyl (C=O) groups excluding carboxylic acids is 2. The number of benzene rings is 2. The van der Waals surface area contributed by atoms with Crippen LogP contribution in [0.4, 0.5) is 5.69 Å². The monoisotopic (exact) mass is 340 g/mol. The highest BCUT2D eigenvalue weighted by Crippen LogP contribution is 2.26. The van der Waals surface area contributed by atoms with E-state index in [1.54, 1.807) is 36.2 Å². The lowest BCUT2D eigenvalue weighted by Crippen LogP contribution is -2.28. The summed E-state index contributed by atoms with van der Waals surface area (Å²) < 4.78 is 11.0. The van der Waals surface area contributed by atoms with Gasteiger partial charge in [0.1, 0.15) is 18.1 Å². The zero-order valence-corrected chi connectivity index (χ0v) is 14.2. The molecule has 0 aromatic heterocycles. The van der Waals surface area contributed by atoms with Crippen molar-refractivity contribution >= 4 is 17.5 Å². The van der Waals surface area contributed by atoms with Crippen molar-refractivity contribution in [2.75, 3.05) is 32.1 Å². The summed E-state index contributed by atoms with van der Waals surface area (Å²) in [4.78, 5) is 26.0. The fourth-order valence-corrected chi connectivity index (χ4v) is 2.55. The van der Waals surface area contributed by atoms with Gasteiger partial charge in [-0.3, -0.25) is 9.59 Å². The molecule has 3 rings (SSSR count). The molecule has 0 saturated carbocycles. The van der Waals surface area contributed by atoms with E-state index < -0.39 is 0 Å². The average molecular weight is 340 g/mol. The number of hydrogen-bond acceptors (Lipinski definition) is 4. The van der Waals surface area contributed by atoms with E-state index in [4.69, 9.17) is 9.47 Å². The molecule has 0 aliphatic carbocycles. The first-order valence-electron chi connectivity index (χ1n) is 8.04. The first-order valence-corrected chi connectivity index (χ1v) is 8.04. The van der Waals surface area contributed by atoms with Crippen molar-refractivity contribution in [1.29, 1.82) is 0 Å². The predicted octanol–water partition coefficient (Wildman–Crippen LogP) is 2.48. The van der Waals surface area contributed by atoms with Gasteiger partial charge in [0.05, 0.1) is 12.1 Å². The second kappa shape index (κ2) is 7.25. The molecule has 130 valence electrons. The predicted molar refractivity (Wildman–Crippen MR) is 94.2 cm³/mol. The molecule has 0 bridgehead atoms. The van der Waals surface area contributed by atoms with Crippen molar-refractivity contribution in [2.45, 2.75) is 6.92 Å². The van der Waals surface area contributed by atoms with Gasteiger partial charge in [0.25, 0.3) is 11.8 Å². The topological polar surface area (TPSA) is 67.9 Å². The van der Waals surface area contributed by atoms with Crippen LogP contribution in [0.1, 0.15) is 15.9 Å². The number of ether oxygens (including phenoxy) is 2. The van der Waals surface area contributed by atoms with E-state index in [9.17, 15) is 9.59 Å². The van der Waals surface area contributed by atoms with Gasteiger partial charge in [-0.25, -0.2) is 0 Å². The summed E-state index contributed by atoms with van der Waals surface area (Å²) in [6.07, 6.45) is 0. The lowest BCUT2D eigenvalue weighted by molar-refractivity contribution is -0.118. The van der Waals surface area contributed by atoms with Crippen LogP contribution in [0.15, 0.2) is 42.5 Å². The molecule has 0 fully saturated rings. The van der Waals surface area contributed by atoms with E-state index in [0.29, 0.717) is 35.9 Å². The Morgan fingerprint density at radius 3 is 2.92 bits per heavy atom. The van der Waals surface area contributed by atoms with Crippen molar-refractivity contribution in [1.82, 2.24) is 4.90 Å². The molecule has 6 nitrogen and oxygen atoms in total. The van der Waals surface area contributed by atoms with Crippen LogP contribution in [0.5, 0.6) is 11.5 Å². The maximum absolute atomic E-state index is 12.3. The average Bonchev–Trinajstić information content (AvgIpc) is 2.73. The Hall–Kier alpha value is -3.02. The summed E-state index contributed by atoms with van der Waals surface area (Å²) in [5.41, 5.74) is 2.03. The van der Waals surface area contributed by atoms with Crippen LogP contribution >= 0.6 is 0 Å². The van der Waals surface area contributed by atoms with E-state index in [1.165, 1.54) is 0 Å². The minimum Gasteiger partial charge on any atom is -0.491 e. The molecule has 0 atom stereocenters. The molecule has 1 aliphatic rings. The Morgan fingerprint density at radius 2 is 2.12 bits per heavy atom. The van der Waals surface area contributed by atoms with Gasteiger partial charge in [-0.1, -0.05) is 12.1 Å². The smallest absolute Gasteiger partial charge is 0.262 e. The quantitative estimate of drug-likeness (QED) is 0.928. The molecule has 0 saturated heterocycles. The molecular formula is C19H20N2O4. The number of likely N-dealkylation sites (N-methyl/N-ethyl adjacent to an activating group) is 1. The molecule has 6 heteroatoms. The minimum absolute atomic E-state index is 0.106. The third-order valence-electron chi connectivity index (χ3n) is 3.88. The third kappa shape index (κ3) is 4.09. The second-order valence-electron chi connectivity index (χ2n) is 5.94. The van der Waals surface area contributed by atoms with Crippen LogP contribution in [0.2, 0.25) is 0 Å². The Balaban J connectivity index is 1.65. The summed E-state index contributed by atoms with van der Waals surface area (Å²) in [5, 5.41) is 2.74. The Kier molecular flexibility index (Phi) is 4.88. The standard InChI is InChI=1S/C19H20N2O4/c1-13-4-3-5-15(10-13)25-12-18(22)20-14-6-7-17-16(11-14)19(23)21(2)8-9-24-17/h3-7,10-11H,8-9,12H2,1-2H3,(H,20,22). The molecule has 2 aromatic carbocycles. The summed E-state index contributed by atoms with van der Waals surface area (Å²) in [7, 11) is 1.72. The SMILES string of the molecule is Cc1cccc(OCC(=O)Nc2ccc3c(c2)C(=O)N(C)CCO3)c1. The molecule has 1 N–H and O–H groups in total. The number of aryl methyl sites for hydroxylation is 1. The second-order valence-corrected chi connectivity index (χ2v) is 5.94. The molecule has 0 unspecified atom stereocenters. The lowest BCUT2D eigenvalue weighted by atomic mass is 10.1. The summed E-state index contributed by atoms with van der Waals surface area (Å²) in [5.74, 6) is 0.752. The number of nitrogens with one attached hydrogen (secondary N) is 1. The Morgan fingerprint density at radius 1 is 1.28 bits per heavy atom. The van der Waals surface area contributed by atoms with Gasteiger partial charge < -0.3 is 19.7 Å². The van der Waals surface area contributed by atoms with Gasteiger partial charge in [-0.2, -0.15) is 0 Å². The number of hydrogen-bond donors (Lipinski definition) is 1. The highest BCUT2D eigenvalue weighted by Gasteiger charge is 2.21. The molecule has 0 spiro atoms. The van der Waals surface area contributed by atoms with E-state index in [0.717, 1.165) is 5.56 Å². The Labute approximate surface area is 146 Å². The number of carbonyl (C=O) groups is 2. The maximum Gasteiger partial charge on any atom is 0.262 e. The number of fused-ring (bicyclic) bond motifs is 1. The molecular weight excluding hydrogens is 320 g/mol. The van der Waals surface area contributed by atoms with Crippen LogP contribution < -0.4 is 14.8 Å². The van der Waals surface area contributed by atoms with Gasteiger partial charge in [-0.15, -0.1) is 0 Å². The molecule has 2 amide bonds. The van der Waals surface area contributed by atoms with Crippen molar-refractivity contribution in [3.8, 4) is 11.5 Å². The van der Waals surface area contributed by atoms with Crippen LogP contribution in [0.3, 0.4) is 0 Å². The zero-order chi connectivity index (χ0) is 17.8. The van der Waals surface area contributed by atoms with Gasteiger partial charge in [-0.05, 0) is 42.8 Å². The fourth-order valence-electron chi connectivity index (χ4n) is 2.55. The van der Waals surface area contributed by atoms with Crippen molar-refractivity contribution in [3.05, 3.63) is 53.6 Å². The maximum atomic E-state index is 12.3. The van der Waals surface area contributed by atoms with Crippen molar-refractivity contribution in [2.24, 2.45) is 0 Å². The van der Waals surface area contributed by atoms with Crippen molar-refractivity contribution < 1.29 is 19.1 Å². The molecule has 1 aliphatic heterocycles. The minimum atomic E-state index is -0.295. The normalized spacial score (nSPS) is 13.5. The van der Waals surface area contributed by atoms with Crippen LogP contribution in [-0.4, -0.2) is 43.5 Å². The fraction of sp³-hybridized carbons (Fsp3) is 0.263. The molecule has 0 radical (unpaired) electrons. The summed E-state index contributed by atoms with van der Waals surface area (Å²) in [6, 6.07) is 12.5. The Bertz CT molecular complexity index is 804. The van der Waals surface area contributed by atoms with Gasteiger partial charge in [0.15, 0.2) is 6.61 Å². The number of anilines is 1. The first-order chi connectivity index (χ1) is 12.0. The summed E-state index contributed by atoms with van der Waals surface area (Å²) >= 11 is 0. The zero-order valence-electron chi connectivity index (χ0n) is 14.2.